The van der Waals surface area contributed by atoms with Gasteiger partial charge >= 0.3 is 0 Å². The SMILES string of the molecule is CC(C)CC(C)NS(=O)(=O)c1cc(CO)c(Cl)cc1Cl. The third-order valence-electron chi connectivity index (χ3n) is 2.74. The normalized spacial score (nSPS) is 13.8. The molecule has 0 spiro atoms. The summed E-state index contributed by atoms with van der Waals surface area (Å²) in [7, 11) is -3.74. The van der Waals surface area contributed by atoms with Gasteiger partial charge in [0.15, 0.2) is 0 Å². The van der Waals surface area contributed by atoms with Crippen LogP contribution in [0.1, 0.15) is 32.8 Å². The second-order valence-corrected chi connectivity index (χ2v) is 7.68. The predicted molar refractivity (Wildman–Crippen MR) is 81.6 cm³/mol. The Morgan fingerprint density at radius 3 is 2.30 bits per heavy atom. The van der Waals surface area contributed by atoms with E-state index in [1.54, 1.807) is 6.92 Å². The van der Waals surface area contributed by atoms with E-state index < -0.39 is 10.0 Å². The van der Waals surface area contributed by atoms with Crippen molar-refractivity contribution < 1.29 is 13.5 Å². The van der Waals surface area contributed by atoms with Gasteiger partial charge in [0.1, 0.15) is 4.90 Å². The minimum atomic E-state index is -3.74. The van der Waals surface area contributed by atoms with Crippen molar-refractivity contribution in [3.63, 3.8) is 0 Å². The van der Waals surface area contributed by atoms with Gasteiger partial charge in [-0.3, -0.25) is 0 Å². The highest BCUT2D eigenvalue weighted by atomic mass is 35.5. The summed E-state index contributed by atoms with van der Waals surface area (Å²) < 4.78 is 27.2. The zero-order valence-electron chi connectivity index (χ0n) is 11.7. The van der Waals surface area contributed by atoms with Gasteiger partial charge in [-0.25, -0.2) is 13.1 Å². The fraction of sp³-hybridized carbons (Fsp3) is 0.538. The number of hydrogen-bond donors (Lipinski definition) is 2. The molecule has 1 aromatic rings. The molecule has 0 bridgehead atoms. The van der Waals surface area contributed by atoms with Crippen LogP contribution in [0.3, 0.4) is 0 Å². The van der Waals surface area contributed by atoms with Gasteiger partial charge in [-0.05, 0) is 37.0 Å². The first kappa shape index (κ1) is 17.7. The lowest BCUT2D eigenvalue weighted by molar-refractivity contribution is 0.281. The molecule has 0 aliphatic heterocycles. The molecule has 1 unspecified atom stereocenters. The van der Waals surface area contributed by atoms with Crippen LogP contribution in [-0.2, 0) is 16.6 Å². The lowest BCUT2D eigenvalue weighted by Gasteiger charge is -2.17. The first-order valence-electron chi connectivity index (χ1n) is 6.28. The van der Waals surface area contributed by atoms with Crippen LogP contribution in [0.25, 0.3) is 0 Å². The van der Waals surface area contributed by atoms with Crippen molar-refractivity contribution in [1.82, 2.24) is 4.72 Å². The van der Waals surface area contributed by atoms with Crippen molar-refractivity contribution in [2.75, 3.05) is 0 Å². The first-order valence-corrected chi connectivity index (χ1v) is 8.52. The Balaban J connectivity index is 3.09. The number of hydrogen-bond acceptors (Lipinski definition) is 3. The van der Waals surface area contributed by atoms with Gasteiger partial charge in [0.2, 0.25) is 10.0 Å². The van der Waals surface area contributed by atoms with E-state index in [1.165, 1.54) is 12.1 Å². The Morgan fingerprint density at radius 2 is 1.80 bits per heavy atom. The van der Waals surface area contributed by atoms with Crippen LogP contribution in [-0.4, -0.2) is 19.6 Å². The monoisotopic (exact) mass is 339 g/mol. The molecular weight excluding hydrogens is 321 g/mol. The molecule has 0 saturated carbocycles. The van der Waals surface area contributed by atoms with Crippen LogP contribution in [0.2, 0.25) is 10.0 Å². The second-order valence-electron chi connectivity index (χ2n) is 5.18. The van der Waals surface area contributed by atoms with Gasteiger partial charge < -0.3 is 5.11 Å². The van der Waals surface area contributed by atoms with E-state index >= 15 is 0 Å². The van der Waals surface area contributed by atoms with Gasteiger partial charge in [0.25, 0.3) is 0 Å². The van der Waals surface area contributed by atoms with Crippen LogP contribution in [0.4, 0.5) is 0 Å². The summed E-state index contributed by atoms with van der Waals surface area (Å²) in [4.78, 5) is -0.0665. The Hall–Kier alpha value is -0.330. The minimum Gasteiger partial charge on any atom is -0.392 e. The van der Waals surface area contributed by atoms with Crippen molar-refractivity contribution >= 4 is 33.2 Å². The number of benzene rings is 1. The van der Waals surface area contributed by atoms with E-state index in [1.807, 2.05) is 13.8 Å². The first-order chi connectivity index (χ1) is 9.17. The third kappa shape index (κ3) is 4.60. The molecule has 20 heavy (non-hydrogen) atoms. The molecule has 1 aromatic carbocycles. The van der Waals surface area contributed by atoms with E-state index in [2.05, 4.69) is 4.72 Å². The third-order valence-corrected chi connectivity index (χ3v) is 5.15. The summed E-state index contributed by atoms with van der Waals surface area (Å²) in [5.74, 6) is 0.376. The standard InChI is InChI=1S/C13H19Cl2NO3S/c1-8(2)4-9(3)16-20(18,19)13-5-10(7-17)11(14)6-12(13)15/h5-6,8-9,16-17H,4,7H2,1-3H3. The quantitative estimate of drug-likeness (QED) is 0.836. The number of aliphatic hydroxyl groups is 1. The smallest absolute Gasteiger partial charge is 0.242 e. The molecule has 0 amide bonds. The summed E-state index contributed by atoms with van der Waals surface area (Å²) in [5.41, 5.74) is 0.327. The highest BCUT2D eigenvalue weighted by molar-refractivity contribution is 7.89. The van der Waals surface area contributed by atoms with E-state index in [4.69, 9.17) is 28.3 Å². The lowest BCUT2D eigenvalue weighted by atomic mass is 10.1. The van der Waals surface area contributed by atoms with Crippen LogP contribution < -0.4 is 4.72 Å². The fourth-order valence-electron chi connectivity index (χ4n) is 1.98. The van der Waals surface area contributed by atoms with E-state index in [0.717, 1.165) is 6.42 Å². The number of nitrogens with one attached hydrogen (secondary N) is 1. The number of aliphatic hydroxyl groups excluding tert-OH is 1. The molecule has 0 fully saturated rings. The highest BCUT2D eigenvalue weighted by Gasteiger charge is 2.22. The van der Waals surface area contributed by atoms with E-state index in [9.17, 15) is 8.42 Å². The molecule has 1 rings (SSSR count). The van der Waals surface area contributed by atoms with E-state index in [0.29, 0.717) is 11.5 Å². The molecule has 1 atom stereocenters. The van der Waals surface area contributed by atoms with Crippen molar-refractivity contribution in [2.24, 2.45) is 5.92 Å². The van der Waals surface area contributed by atoms with E-state index in [-0.39, 0.29) is 27.6 Å². The molecule has 114 valence electrons. The van der Waals surface area contributed by atoms with Crippen molar-refractivity contribution in [3.05, 3.63) is 27.7 Å². The summed E-state index contributed by atoms with van der Waals surface area (Å²) >= 11 is 11.8. The highest BCUT2D eigenvalue weighted by Crippen LogP contribution is 2.29. The zero-order chi connectivity index (χ0) is 15.5. The summed E-state index contributed by atoms with van der Waals surface area (Å²) in [5, 5.41) is 9.44. The van der Waals surface area contributed by atoms with Gasteiger partial charge in [-0.1, -0.05) is 37.0 Å². The summed E-state index contributed by atoms with van der Waals surface area (Å²) in [6.07, 6.45) is 0.720. The van der Waals surface area contributed by atoms with Crippen molar-refractivity contribution in [3.8, 4) is 0 Å². The zero-order valence-corrected chi connectivity index (χ0v) is 14.0. The molecule has 7 heteroatoms. The van der Waals surface area contributed by atoms with Crippen molar-refractivity contribution in [2.45, 2.75) is 44.7 Å². The maximum absolute atomic E-state index is 12.3. The molecule has 0 saturated heterocycles. The molecule has 4 nitrogen and oxygen atoms in total. The number of halogens is 2. The molecule has 0 aliphatic rings. The molecule has 0 heterocycles. The Morgan fingerprint density at radius 1 is 1.20 bits per heavy atom. The van der Waals surface area contributed by atoms with Crippen LogP contribution in [0.15, 0.2) is 17.0 Å². The molecular formula is C13H19Cl2NO3S. The summed E-state index contributed by atoms with van der Waals surface area (Å²) in [6, 6.07) is 2.43. The lowest BCUT2D eigenvalue weighted by Crippen LogP contribution is -2.33. The van der Waals surface area contributed by atoms with Gasteiger partial charge in [0.05, 0.1) is 11.6 Å². The number of rotatable bonds is 6. The average molecular weight is 340 g/mol. The van der Waals surface area contributed by atoms with Crippen LogP contribution >= 0.6 is 23.2 Å². The largest absolute Gasteiger partial charge is 0.392 e. The summed E-state index contributed by atoms with van der Waals surface area (Å²) in [6.45, 7) is 5.49. The topological polar surface area (TPSA) is 66.4 Å². The molecule has 2 N–H and O–H groups in total. The van der Waals surface area contributed by atoms with Gasteiger partial charge in [-0.2, -0.15) is 0 Å². The molecule has 0 aromatic heterocycles. The van der Waals surface area contributed by atoms with Crippen molar-refractivity contribution in [1.29, 1.82) is 0 Å². The van der Waals surface area contributed by atoms with Gasteiger partial charge in [-0.15, -0.1) is 0 Å². The van der Waals surface area contributed by atoms with Crippen LogP contribution in [0.5, 0.6) is 0 Å². The molecule has 0 aliphatic carbocycles. The minimum absolute atomic E-state index is 0.0384. The maximum atomic E-state index is 12.3. The van der Waals surface area contributed by atoms with Gasteiger partial charge in [0, 0.05) is 11.1 Å². The maximum Gasteiger partial charge on any atom is 0.242 e. The molecule has 0 radical (unpaired) electrons. The Bertz CT molecular complexity index is 573. The van der Waals surface area contributed by atoms with Crippen LogP contribution in [0, 0.1) is 5.92 Å². The second kappa shape index (κ2) is 7.09. The Kier molecular flexibility index (Phi) is 6.28. The fourth-order valence-corrected chi connectivity index (χ4v) is 4.10. The number of sulfonamides is 1. The Labute approximate surface area is 130 Å². The average Bonchev–Trinajstić information content (AvgIpc) is 2.26. The predicted octanol–water partition coefficient (Wildman–Crippen LogP) is 3.20.